The van der Waals surface area contributed by atoms with Crippen LogP contribution in [-0.4, -0.2) is 18.8 Å². The summed E-state index contributed by atoms with van der Waals surface area (Å²) in [6.07, 6.45) is 1.03. The van der Waals surface area contributed by atoms with E-state index in [1.54, 1.807) is 7.11 Å². The van der Waals surface area contributed by atoms with Crippen molar-refractivity contribution in [3.8, 4) is 5.75 Å². The molecule has 0 fully saturated rings. The van der Waals surface area contributed by atoms with E-state index in [9.17, 15) is 5.11 Å². The van der Waals surface area contributed by atoms with Gasteiger partial charge >= 0.3 is 0 Å². The molecule has 0 radical (unpaired) electrons. The minimum absolute atomic E-state index is 0.0687. The Balaban J connectivity index is 2.04. The van der Waals surface area contributed by atoms with Gasteiger partial charge in [0.2, 0.25) is 0 Å². The highest BCUT2D eigenvalue weighted by atomic mass is 16.5. The lowest BCUT2D eigenvalue weighted by Gasteiger charge is -2.18. The highest BCUT2D eigenvalue weighted by molar-refractivity contribution is 5.33. The smallest absolute Gasteiger partial charge is 0.123 e. The molecule has 0 aliphatic rings. The van der Waals surface area contributed by atoms with Crippen molar-refractivity contribution in [3.63, 3.8) is 0 Å². The van der Waals surface area contributed by atoms with Crippen LogP contribution < -0.4 is 10.1 Å². The van der Waals surface area contributed by atoms with Gasteiger partial charge in [-0.3, -0.25) is 0 Å². The van der Waals surface area contributed by atoms with Gasteiger partial charge in [0.05, 0.1) is 19.8 Å². The lowest BCUT2D eigenvalue weighted by molar-refractivity contribution is 0.243. The fourth-order valence-corrected chi connectivity index (χ4v) is 2.36. The van der Waals surface area contributed by atoms with Gasteiger partial charge in [-0.1, -0.05) is 49.4 Å². The maximum absolute atomic E-state index is 9.62. The number of ether oxygens (including phenoxy) is 1. The molecule has 1 atom stereocenters. The summed E-state index contributed by atoms with van der Waals surface area (Å²) in [7, 11) is 1.67. The summed E-state index contributed by atoms with van der Waals surface area (Å²) in [6, 6.07) is 16.2. The van der Waals surface area contributed by atoms with Crippen molar-refractivity contribution in [2.45, 2.75) is 25.9 Å². The summed E-state index contributed by atoms with van der Waals surface area (Å²) in [5.74, 6) is 0.864. The summed E-state index contributed by atoms with van der Waals surface area (Å²) < 4.78 is 5.34. The van der Waals surface area contributed by atoms with E-state index in [-0.39, 0.29) is 12.6 Å². The molecule has 0 heterocycles. The highest BCUT2D eigenvalue weighted by Crippen LogP contribution is 2.19. The number of aliphatic hydroxyl groups excluding tert-OH is 1. The third-order valence-electron chi connectivity index (χ3n) is 3.70. The minimum Gasteiger partial charge on any atom is -0.496 e. The predicted octanol–water partition coefficient (Wildman–Crippen LogP) is 3.08. The Bertz CT molecular complexity index is 551. The van der Waals surface area contributed by atoms with Crippen molar-refractivity contribution >= 4 is 0 Å². The van der Waals surface area contributed by atoms with Gasteiger partial charge in [0.15, 0.2) is 0 Å². The van der Waals surface area contributed by atoms with E-state index in [1.165, 1.54) is 5.56 Å². The Morgan fingerprint density at radius 2 is 1.81 bits per heavy atom. The van der Waals surface area contributed by atoms with E-state index < -0.39 is 0 Å². The van der Waals surface area contributed by atoms with Crippen LogP contribution in [0.25, 0.3) is 0 Å². The van der Waals surface area contributed by atoms with Crippen LogP contribution >= 0.6 is 0 Å². The quantitative estimate of drug-likeness (QED) is 0.821. The molecule has 0 aliphatic heterocycles. The second-order valence-electron chi connectivity index (χ2n) is 5.02. The van der Waals surface area contributed by atoms with Gasteiger partial charge < -0.3 is 15.2 Å². The van der Waals surface area contributed by atoms with Crippen LogP contribution in [0.15, 0.2) is 48.5 Å². The fraction of sp³-hybridized carbons (Fsp3) is 0.333. The van der Waals surface area contributed by atoms with Crippen LogP contribution in [0.2, 0.25) is 0 Å². The third-order valence-corrected chi connectivity index (χ3v) is 3.70. The molecule has 2 rings (SSSR count). The molecule has 0 spiro atoms. The number of aryl methyl sites for hydroxylation is 1. The second-order valence-corrected chi connectivity index (χ2v) is 5.02. The number of rotatable bonds is 7. The zero-order chi connectivity index (χ0) is 15.1. The van der Waals surface area contributed by atoms with Gasteiger partial charge in [-0.05, 0) is 23.6 Å². The topological polar surface area (TPSA) is 41.5 Å². The molecule has 3 heteroatoms. The Kier molecular flexibility index (Phi) is 5.78. The molecule has 3 nitrogen and oxygen atoms in total. The number of hydrogen-bond acceptors (Lipinski definition) is 3. The summed E-state index contributed by atoms with van der Waals surface area (Å²) in [5.41, 5.74) is 3.49. The average Bonchev–Trinajstić information content (AvgIpc) is 2.56. The monoisotopic (exact) mass is 285 g/mol. The van der Waals surface area contributed by atoms with Crippen molar-refractivity contribution in [1.82, 2.24) is 5.32 Å². The van der Waals surface area contributed by atoms with E-state index in [0.29, 0.717) is 6.54 Å². The first-order chi connectivity index (χ1) is 10.3. The van der Waals surface area contributed by atoms with Crippen molar-refractivity contribution in [2.75, 3.05) is 13.7 Å². The molecule has 0 bridgehead atoms. The van der Waals surface area contributed by atoms with E-state index >= 15 is 0 Å². The van der Waals surface area contributed by atoms with Crippen LogP contribution in [0.4, 0.5) is 0 Å². The SMILES string of the molecule is CCc1ccc(C(CO)NCc2ccccc2OC)cc1. The van der Waals surface area contributed by atoms with E-state index in [2.05, 4.69) is 36.5 Å². The fourth-order valence-electron chi connectivity index (χ4n) is 2.36. The van der Waals surface area contributed by atoms with Crippen molar-refractivity contribution in [3.05, 3.63) is 65.2 Å². The lowest BCUT2D eigenvalue weighted by atomic mass is 10.0. The standard InChI is InChI=1S/C18H23NO2/c1-3-14-8-10-15(11-9-14)17(13-20)19-12-16-6-4-5-7-18(16)21-2/h4-11,17,19-20H,3,12-13H2,1-2H3. The molecule has 21 heavy (non-hydrogen) atoms. The van der Waals surface area contributed by atoms with E-state index in [1.807, 2.05) is 24.3 Å². The van der Waals surface area contributed by atoms with Crippen LogP contribution in [-0.2, 0) is 13.0 Å². The minimum atomic E-state index is -0.0687. The van der Waals surface area contributed by atoms with E-state index in [4.69, 9.17) is 4.74 Å². The molecule has 2 aromatic rings. The van der Waals surface area contributed by atoms with Gasteiger partial charge in [0.25, 0.3) is 0 Å². The molecule has 0 aromatic heterocycles. The maximum atomic E-state index is 9.62. The number of para-hydroxylation sites is 1. The molecule has 0 amide bonds. The lowest BCUT2D eigenvalue weighted by Crippen LogP contribution is -2.24. The number of aliphatic hydroxyl groups is 1. The number of methoxy groups -OCH3 is 1. The molecule has 2 aromatic carbocycles. The molecule has 0 saturated heterocycles. The highest BCUT2D eigenvalue weighted by Gasteiger charge is 2.11. The molecular weight excluding hydrogens is 262 g/mol. The Morgan fingerprint density at radius 1 is 1.10 bits per heavy atom. The number of benzene rings is 2. The molecule has 2 N–H and O–H groups in total. The van der Waals surface area contributed by atoms with E-state index in [0.717, 1.165) is 23.3 Å². The van der Waals surface area contributed by atoms with Crippen LogP contribution in [0, 0.1) is 0 Å². The Labute approximate surface area is 126 Å². The zero-order valence-corrected chi connectivity index (χ0v) is 12.7. The van der Waals surface area contributed by atoms with Gasteiger partial charge in [-0.2, -0.15) is 0 Å². The number of nitrogens with one attached hydrogen (secondary N) is 1. The predicted molar refractivity (Wildman–Crippen MR) is 85.5 cm³/mol. The number of hydrogen-bond donors (Lipinski definition) is 2. The van der Waals surface area contributed by atoms with Gasteiger partial charge in [0, 0.05) is 12.1 Å². The summed E-state index contributed by atoms with van der Waals surface area (Å²) >= 11 is 0. The van der Waals surface area contributed by atoms with Gasteiger partial charge in [-0.25, -0.2) is 0 Å². The van der Waals surface area contributed by atoms with Crippen LogP contribution in [0.5, 0.6) is 5.75 Å². The van der Waals surface area contributed by atoms with Crippen LogP contribution in [0.3, 0.4) is 0 Å². The first-order valence-electron chi connectivity index (χ1n) is 7.33. The van der Waals surface area contributed by atoms with Gasteiger partial charge in [0.1, 0.15) is 5.75 Å². The zero-order valence-electron chi connectivity index (χ0n) is 12.7. The maximum Gasteiger partial charge on any atom is 0.123 e. The summed E-state index contributed by atoms with van der Waals surface area (Å²) in [4.78, 5) is 0. The van der Waals surface area contributed by atoms with Crippen LogP contribution in [0.1, 0.15) is 29.7 Å². The second kappa shape index (κ2) is 7.81. The van der Waals surface area contributed by atoms with Crippen molar-refractivity contribution in [2.24, 2.45) is 0 Å². The van der Waals surface area contributed by atoms with Gasteiger partial charge in [-0.15, -0.1) is 0 Å². The molecule has 112 valence electrons. The van der Waals surface area contributed by atoms with Crippen molar-refractivity contribution < 1.29 is 9.84 Å². The molecule has 0 aliphatic carbocycles. The summed E-state index contributed by atoms with van der Waals surface area (Å²) in [6.45, 7) is 2.86. The first-order valence-corrected chi connectivity index (χ1v) is 7.33. The Morgan fingerprint density at radius 3 is 2.43 bits per heavy atom. The average molecular weight is 285 g/mol. The van der Waals surface area contributed by atoms with Crippen molar-refractivity contribution in [1.29, 1.82) is 0 Å². The largest absolute Gasteiger partial charge is 0.496 e. The molecule has 0 saturated carbocycles. The molecular formula is C18H23NO2. The Hall–Kier alpha value is -1.84. The third kappa shape index (κ3) is 4.06. The normalized spacial score (nSPS) is 12.1. The molecule has 1 unspecified atom stereocenters. The first kappa shape index (κ1) is 15.5. The summed E-state index contributed by atoms with van der Waals surface area (Å²) in [5, 5.41) is 13.0.